The molecule has 2 rings (SSSR count). The minimum absolute atomic E-state index is 0.641. The summed E-state index contributed by atoms with van der Waals surface area (Å²) in [5.41, 5.74) is 4.89. The lowest BCUT2D eigenvalue weighted by Gasteiger charge is -2.05. The Morgan fingerprint density at radius 2 is 1.72 bits per heavy atom. The number of hydrogen-bond donors (Lipinski definition) is 0. The summed E-state index contributed by atoms with van der Waals surface area (Å²) in [6, 6.07) is 15.5. The predicted octanol–water partition coefficient (Wildman–Crippen LogP) is 4.69. The Hall–Kier alpha value is -2.40. The average molecular weight is 234 g/mol. The molecule has 18 heavy (non-hydrogen) atoms. The highest BCUT2D eigenvalue weighted by Gasteiger charge is 2.01. The third kappa shape index (κ3) is 2.64. The van der Waals surface area contributed by atoms with Gasteiger partial charge in [0.25, 0.3) is 0 Å². The maximum Gasteiger partial charge on any atom is 0.187 e. The van der Waals surface area contributed by atoms with E-state index < -0.39 is 0 Å². The number of benzene rings is 2. The van der Waals surface area contributed by atoms with Crippen molar-refractivity contribution in [2.75, 3.05) is 0 Å². The molecule has 0 fully saturated rings. The monoisotopic (exact) mass is 234 g/mol. The molecule has 0 saturated heterocycles. The first kappa shape index (κ1) is 12.1. The van der Waals surface area contributed by atoms with Crippen molar-refractivity contribution in [3.63, 3.8) is 0 Å². The summed E-state index contributed by atoms with van der Waals surface area (Å²) < 4.78 is 0. The van der Waals surface area contributed by atoms with E-state index in [1.807, 2.05) is 31.2 Å². The van der Waals surface area contributed by atoms with Gasteiger partial charge in [-0.3, -0.25) is 4.99 Å². The van der Waals surface area contributed by atoms with Crippen molar-refractivity contribution < 1.29 is 0 Å². The van der Waals surface area contributed by atoms with Crippen LogP contribution in [0.25, 0.3) is 4.85 Å². The van der Waals surface area contributed by atoms with Crippen LogP contribution in [0.2, 0.25) is 0 Å². The molecule has 0 aliphatic rings. The summed E-state index contributed by atoms with van der Waals surface area (Å²) >= 11 is 0. The van der Waals surface area contributed by atoms with Crippen molar-refractivity contribution in [2.45, 2.75) is 13.8 Å². The highest BCUT2D eigenvalue weighted by Crippen LogP contribution is 2.20. The third-order valence-electron chi connectivity index (χ3n) is 2.81. The van der Waals surface area contributed by atoms with Crippen LogP contribution in [0, 0.1) is 13.5 Å². The van der Waals surface area contributed by atoms with E-state index in [4.69, 9.17) is 6.57 Å². The molecule has 0 N–H and O–H groups in total. The first-order chi connectivity index (χ1) is 8.70. The molecule has 0 amide bonds. The molecule has 2 nitrogen and oxygen atoms in total. The Balaban J connectivity index is 2.33. The van der Waals surface area contributed by atoms with Crippen LogP contribution in [-0.4, -0.2) is 5.71 Å². The molecule has 0 aliphatic carbocycles. The van der Waals surface area contributed by atoms with Gasteiger partial charge < -0.3 is 0 Å². The van der Waals surface area contributed by atoms with E-state index in [1.54, 1.807) is 12.1 Å². The van der Waals surface area contributed by atoms with Gasteiger partial charge in [-0.2, -0.15) is 0 Å². The fourth-order valence-corrected chi connectivity index (χ4v) is 1.83. The molecule has 0 atom stereocenters. The zero-order valence-electron chi connectivity index (χ0n) is 10.5. The fourth-order valence-electron chi connectivity index (χ4n) is 1.83. The van der Waals surface area contributed by atoms with Crippen LogP contribution < -0.4 is 0 Å². The SMILES string of the molecule is [C-]#[N+]c1ccc(N=C(C)c2ccccc2C)cc1. The highest BCUT2D eigenvalue weighted by molar-refractivity contribution is 6.01. The maximum atomic E-state index is 6.91. The van der Waals surface area contributed by atoms with Crippen molar-refractivity contribution in [2.24, 2.45) is 4.99 Å². The van der Waals surface area contributed by atoms with Gasteiger partial charge in [-0.05, 0) is 37.1 Å². The second kappa shape index (κ2) is 5.29. The summed E-state index contributed by atoms with van der Waals surface area (Å²) in [5.74, 6) is 0. The Morgan fingerprint density at radius 1 is 1.06 bits per heavy atom. The summed E-state index contributed by atoms with van der Waals surface area (Å²) in [4.78, 5) is 7.94. The van der Waals surface area contributed by atoms with Crippen LogP contribution in [0.3, 0.4) is 0 Å². The van der Waals surface area contributed by atoms with Crippen molar-refractivity contribution in [3.8, 4) is 0 Å². The molecular weight excluding hydrogens is 220 g/mol. The first-order valence-electron chi connectivity index (χ1n) is 5.79. The van der Waals surface area contributed by atoms with Gasteiger partial charge in [0.2, 0.25) is 0 Å². The Labute approximate surface area is 107 Å². The standard InChI is InChI=1S/C16H14N2/c1-12-6-4-5-7-16(12)13(2)18-15-10-8-14(17-3)9-11-15/h4-11H,1-2H3. The maximum absolute atomic E-state index is 6.91. The molecule has 0 unspecified atom stereocenters. The second-order valence-corrected chi connectivity index (χ2v) is 4.14. The molecule has 0 aromatic heterocycles. The summed E-state index contributed by atoms with van der Waals surface area (Å²) in [7, 11) is 0. The van der Waals surface area contributed by atoms with E-state index in [2.05, 4.69) is 28.9 Å². The Kier molecular flexibility index (Phi) is 3.54. The van der Waals surface area contributed by atoms with E-state index in [-0.39, 0.29) is 0 Å². The number of aliphatic imine (C=N–C) groups is 1. The van der Waals surface area contributed by atoms with Crippen LogP contribution in [-0.2, 0) is 0 Å². The molecule has 0 radical (unpaired) electrons. The third-order valence-corrected chi connectivity index (χ3v) is 2.81. The lowest BCUT2D eigenvalue weighted by atomic mass is 10.1. The average Bonchev–Trinajstić information content (AvgIpc) is 2.40. The molecule has 2 aromatic carbocycles. The molecule has 0 aliphatic heterocycles. The second-order valence-electron chi connectivity index (χ2n) is 4.14. The lowest BCUT2D eigenvalue weighted by molar-refractivity contribution is 1.40. The zero-order chi connectivity index (χ0) is 13.0. The van der Waals surface area contributed by atoms with Gasteiger partial charge in [-0.1, -0.05) is 36.4 Å². The minimum Gasteiger partial charge on any atom is -0.253 e. The van der Waals surface area contributed by atoms with Crippen molar-refractivity contribution in [1.29, 1.82) is 0 Å². The van der Waals surface area contributed by atoms with E-state index in [0.29, 0.717) is 5.69 Å². The predicted molar refractivity (Wildman–Crippen MR) is 75.8 cm³/mol. The van der Waals surface area contributed by atoms with Gasteiger partial charge in [-0.25, -0.2) is 4.85 Å². The number of nitrogens with zero attached hydrogens (tertiary/aromatic N) is 2. The fraction of sp³-hybridized carbons (Fsp3) is 0.125. The Morgan fingerprint density at radius 3 is 2.33 bits per heavy atom. The van der Waals surface area contributed by atoms with Crippen molar-refractivity contribution in [3.05, 3.63) is 71.1 Å². The molecule has 2 aromatic rings. The molecule has 2 heteroatoms. The van der Waals surface area contributed by atoms with Gasteiger partial charge in [0.05, 0.1) is 12.3 Å². The summed E-state index contributed by atoms with van der Waals surface area (Å²) in [6.07, 6.45) is 0. The van der Waals surface area contributed by atoms with Gasteiger partial charge >= 0.3 is 0 Å². The lowest BCUT2D eigenvalue weighted by Crippen LogP contribution is -1.96. The van der Waals surface area contributed by atoms with E-state index >= 15 is 0 Å². The van der Waals surface area contributed by atoms with Gasteiger partial charge in [-0.15, -0.1) is 0 Å². The topological polar surface area (TPSA) is 16.7 Å². The normalized spacial score (nSPS) is 11.1. The summed E-state index contributed by atoms with van der Waals surface area (Å²) in [5, 5.41) is 0. The van der Waals surface area contributed by atoms with Crippen molar-refractivity contribution in [1.82, 2.24) is 0 Å². The number of aryl methyl sites for hydroxylation is 1. The van der Waals surface area contributed by atoms with Crippen LogP contribution in [0.15, 0.2) is 53.5 Å². The molecular formula is C16H14N2. The molecule has 0 spiro atoms. The van der Waals surface area contributed by atoms with Crippen molar-refractivity contribution >= 4 is 17.1 Å². The van der Waals surface area contributed by atoms with E-state index in [0.717, 1.165) is 17.0 Å². The van der Waals surface area contributed by atoms with Crippen LogP contribution in [0.5, 0.6) is 0 Å². The van der Waals surface area contributed by atoms with Gasteiger partial charge in [0.1, 0.15) is 0 Å². The molecule has 0 heterocycles. The molecule has 88 valence electrons. The first-order valence-corrected chi connectivity index (χ1v) is 5.79. The zero-order valence-corrected chi connectivity index (χ0v) is 10.5. The van der Waals surface area contributed by atoms with E-state index in [1.165, 1.54) is 5.56 Å². The molecule has 0 saturated carbocycles. The highest BCUT2D eigenvalue weighted by atomic mass is 14.7. The molecule has 0 bridgehead atoms. The van der Waals surface area contributed by atoms with Gasteiger partial charge in [0.15, 0.2) is 5.69 Å². The van der Waals surface area contributed by atoms with Crippen LogP contribution >= 0.6 is 0 Å². The summed E-state index contributed by atoms with van der Waals surface area (Å²) in [6.45, 7) is 11.0. The quantitative estimate of drug-likeness (QED) is 0.530. The smallest absolute Gasteiger partial charge is 0.187 e. The number of hydrogen-bond acceptors (Lipinski definition) is 1. The largest absolute Gasteiger partial charge is 0.253 e. The van der Waals surface area contributed by atoms with Crippen LogP contribution in [0.1, 0.15) is 18.1 Å². The van der Waals surface area contributed by atoms with Crippen LogP contribution in [0.4, 0.5) is 11.4 Å². The van der Waals surface area contributed by atoms with Gasteiger partial charge in [0, 0.05) is 5.71 Å². The Bertz CT molecular complexity index is 616. The number of rotatable bonds is 2. The minimum atomic E-state index is 0.641. The van der Waals surface area contributed by atoms with E-state index in [9.17, 15) is 0 Å².